The lowest BCUT2D eigenvalue weighted by Crippen LogP contribution is -2.16. The summed E-state index contributed by atoms with van der Waals surface area (Å²) in [6.45, 7) is 1.08. The van der Waals surface area contributed by atoms with E-state index < -0.39 is 15.5 Å². The second-order valence-electron chi connectivity index (χ2n) is 7.19. The number of hydrogen-bond donors (Lipinski definition) is 1. The molecule has 158 valence electrons. The lowest BCUT2D eigenvalue weighted by Gasteiger charge is -2.17. The minimum Gasteiger partial charge on any atom is -0.486 e. The molecule has 4 rings (SSSR count). The van der Waals surface area contributed by atoms with E-state index >= 15 is 0 Å². The van der Waals surface area contributed by atoms with Gasteiger partial charge in [-0.25, -0.2) is 18.6 Å². The quantitative estimate of drug-likeness (QED) is 0.606. The Morgan fingerprint density at radius 2 is 2.13 bits per heavy atom. The highest BCUT2D eigenvalue weighted by Gasteiger charge is 2.20. The molecule has 3 aromatic rings. The molecule has 10 heteroatoms. The van der Waals surface area contributed by atoms with Crippen LogP contribution in [0, 0.1) is 5.82 Å². The molecular formula is C20H20ClFN4O3S. The van der Waals surface area contributed by atoms with E-state index in [4.69, 9.17) is 21.1 Å². The zero-order valence-corrected chi connectivity index (χ0v) is 18.0. The Kier molecular flexibility index (Phi) is 5.77. The summed E-state index contributed by atoms with van der Waals surface area (Å²) in [6, 6.07) is 7.54. The molecule has 0 aliphatic carbocycles. The SMILES string of the molecule is CS(C)(=O)=Nc1cc(Cl)c2c(Nc3ccc(F)cc3O[C@H]3CCOC3)ncnc2c1. The van der Waals surface area contributed by atoms with Gasteiger partial charge in [0.25, 0.3) is 0 Å². The summed E-state index contributed by atoms with van der Waals surface area (Å²) in [7, 11) is -2.35. The van der Waals surface area contributed by atoms with Gasteiger partial charge in [0, 0.05) is 34.7 Å². The van der Waals surface area contributed by atoms with Crippen LogP contribution in [0.3, 0.4) is 0 Å². The molecule has 0 amide bonds. The maximum absolute atomic E-state index is 13.8. The molecule has 1 fully saturated rings. The lowest BCUT2D eigenvalue weighted by atomic mass is 10.2. The number of ether oxygens (including phenoxy) is 2. The number of aromatic nitrogens is 2. The van der Waals surface area contributed by atoms with Crippen LogP contribution in [0.2, 0.25) is 5.02 Å². The number of anilines is 2. The average molecular weight is 451 g/mol. The molecule has 2 heterocycles. The third-order valence-corrected chi connectivity index (χ3v) is 5.33. The molecular weight excluding hydrogens is 431 g/mol. The summed E-state index contributed by atoms with van der Waals surface area (Å²) >= 11 is 6.48. The van der Waals surface area contributed by atoms with Gasteiger partial charge in [0.05, 0.1) is 40.5 Å². The summed E-state index contributed by atoms with van der Waals surface area (Å²) in [4.78, 5) is 8.55. The van der Waals surface area contributed by atoms with Crippen molar-refractivity contribution in [1.29, 1.82) is 0 Å². The first-order valence-corrected chi connectivity index (χ1v) is 11.9. The second kappa shape index (κ2) is 8.33. The van der Waals surface area contributed by atoms with Crippen molar-refractivity contribution in [2.75, 3.05) is 31.0 Å². The van der Waals surface area contributed by atoms with Crippen LogP contribution in [0.4, 0.5) is 21.6 Å². The Balaban J connectivity index is 1.73. The van der Waals surface area contributed by atoms with Crippen LogP contribution in [0.25, 0.3) is 10.9 Å². The minimum atomic E-state index is -2.35. The van der Waals surface area contributed by atoms with Gasteiger partial charge in [-0.2, -0.15) is 4.36 Å². The fourth-order valence-corrected chi connectivity index (χ4v) is 4.05. The minimum absolute atomic E-state index is 0.139. The van der Waals surface area contributed by atoms with E-state index in [9.17, 15) is 8.60 Å². The Hall–Kier alpha value is -2.49. The third-order valence-electron chi connectivity index (χ3n) is 4.38. The molecule has 0 unspecified atom stereocenters. The molecule has 1 aliphatic heterocycles. The lowest BCUT2D eigenvalue weighted by molar-refractivity contribution is 0.141. The fraction of sp³-hybridized carbons (Fsp3) is 0.300. The number of fused-ring (bicyclic) bond motifs is 1. The monoisotopic (exact) mass is 450 g/mol. The fourth-order valence-electron chi connectivity index (χ4n) is 3.14. The van der Waals surface area contributed by atoms with E-state index in [1.54, 1.807) is 30.7 Å². The molecule has 0 radical (unpaired) electrons. The van der Waals surface area contributed by atoms with E-state index in [1.165, 1.54) is 18.5 Å². The Morgan fingerprint density at radius 1 is 1.30 bits per heavy atom. The van der Waals surface area contributed by atoms with E-state index in [0.717, 1.165) is 6.42 Å². The first kappa shape index (κ1) is 20.8. The summed E-state index contributed by atoms with van der Waals surface area (Å²) in [5.74, 6) is 0.384. The van der Waals surface area contributed by atoms with Gasteiger partial charge in [0.1, 0.15) is 29.8 Å². The smallest absolute Gasteiger partial charge is 0.146 e. The molecule has 0 spiro atoms. The van der Waals surface area contributed by atoms with Gasteiger partial charge < -0.3 is 14.8 Å². The summed E-state index contributed by atoms with van der Waals surface area (Å²) in [6.07, 6.45) is 5.07. The van der Waals surface area contributed by atoms with E-state index in [0.29, 0.717) is 52.1 Å². The predicted molar refractivity (Wildman–Crippen MR) is 116 cm³/mol. The van der Waals surface area contributed by atoms with Crippen LogP contribution in [-0.4, -0.2) is 46.0 Å². The molecule has 1 saturated heterocycles. The molecule has 0 saturated carbocycles. The van der Waals surface area contributed by atoms with Crippen LogP contribution in [0.5, 0.6) is 5.75 Å². The molecule has 1 N–H and O–H groups in total. The highest BCUT2D eigenvalue weighted by molar-refractivity contribution is 7.92. The predicted octanol–water partition coefficient (Wildman–Crippen LogP) is 4.69. The second-order valence-corrected chi connectivity index (χ2v) is 10.1. The summed E-state index contributed by atoms with van der Waals surface area (Å²) in [5, 5.41) is 4.09. The van der Waals surface area contributed by atoms with Crippen molar-refractivity contribution in [2.24, 2.45) is 4.36 Å². The van der Waals surface area contributed by atoms with Crippen molar-refractivity contribution in [1.82, 2.24) is 9.97 Å². The normalized spacial score (nSPS) is 16.6. The van der Waals surface area contributed by atoms with Gasteiger partial charge in [-0.3, -0.25) is 0 Å². The highest BCUT2D eigenvalue weighted by Crippen LogP contribution is 2.36. The third kappa shape index (κ3) is 4.80. The van der Waals surface area contributed by atoms with Crippen molar-refractivity contribution >= 4 is 49.4 Å². The zero-order chi connectivity index (χ0) is 21.3. The van der Waals surface area contributed by atoms with Gasteiger partial charge in [-0.1, -0.05) is 11.6 Å². The molecule has 1 aromatic heterocycles. The molecule has 2 aromatic carbocycles. The zero-order valence-electron chi connectivity index (χ0n) is 16.4. The molecule has 0 bridgehead atoms. The number of halogens is 2. The topological polar surface area (TPSA) is 85.7 Å². The maximum atomic E-state index is 13.8. The van der Waals surface area contributed by atoms with E-state index in [-0.39, 0.29) is 6.10 Å². The molecule has 7 nitrogen and oxygen atoms in total. The number of nitrogens with zero attached hydrogens (tertiary/aromatic N) is 3. The number of benzene rings is 2. The largest absolute Gasteiger partial charge is 0.486 e. The first-order chi connectivity index (χ1) is 14.3. The molecule has 1 aliphatic rings. The number of nitrogens with one attached hydrogen (secondary N) is 1. The Morgan fingerprint density at radius 3 is 2.87 bits per heavy atom. The van der Waals surface area contributed by atoms with Crippen molar-refractivity contribution in [3.8, 4) is 5.75 Å². The van der Waals surface area contributed by atoms with Crippen molar-refractivity contribution < 1.29 is 18.1 Å². The van der Waals surface area contributed by atoms with E-state index in [1.807, 2.05) is 0 Å². The summed E-state index contributed by atoms with van der Waals surface area (Å²) in [5.41, 5.74) is 1.55. The Labute approximate surface area is 178 Å². The van der Waals surface area contributed by atoms with Gasteiger partial charge >= 0.3 is 0 Å². The van der Waals surface area contributed by atoms with Crippen LogP contribution in [-0.2, 0) is 14.5 Å². The highest BCUT2D eigenvalue weighted by atomic mass is 35.5. The summed E-state index contributed by atoms with van der Waals surface area (Å²) < 4.78 is 41.3. The number of rotatable bonds is 5. The van der Waals surface area contributed by atoms with Crippen LogP contribution in [0.15, 0.2) is 41.0 Å². The number of hydrogen-bond acceptors (Lipinski definition) is 7. The first-order valence-electron chi connectivity index (χ1n) is 9.21. The van der Waals surface area contributed by atoms with Crippen molar-refractivity contribution in [3.05, 3.63) is 47.5 Å². The van der Waals surface area contributed by atoms with Gasteiger partial charge in [-0.15, -0.1) is 0 Å². The van der Waals surface area contributed by atoms with Gasteiger partial charge in [0.2, 0.25) is 0 Å². The standard InChI is InChI=1S/C20H20ClFN4O3S/c1-30(2,27)26-13-8-15(21)19-17(9-13)23-11-24-20(19)25-16-4-3-12(22)7-18(16)29-14-5-6-28-10-14/h3-4,7-9,11,14H,5-6,10H2,1-2H3,(H,23,24,25)/t14-/m0/s1. The van der Waals surface area contributed by atoms with Crippen LogP contribution >= 0.6 is 11.6 Å². The van der Waals surface area contributed by atoms with E-state index in [2.05, 4.69) is 19.6 Å². The maximum Gasteiger partial charge on any atom is 0.146 e. The van der Waals surface area contributed by atoms with Crippen molar-refractivity contribution in [2.45, 2.75) is 12.5 Å². The van der Waals surface area contributed by atoms with Gasteiger partial charge in [-0.05, 0) is 24.3 Å². The van der Waals surface area contributed by atoms with Crippen LogP contribution < -0.4 is 10.1 Å². The average Bonchev–Trinajstić information content (AvgIpc) is 3.15. The Bertz CT molecular complexity index is 1220. The molecule has 30 heavy (non-hydrogen) atoms. The van der Waals surface area contributed by atoms with Crippen LogP contribution in [0.1, 0.15) is 6.42 Å². The molecule has 1 atom stereocenters. The van der Waals surface area contributed by atoms with Crippen molar-refractivity contribution in [3.63, 3.8) is 0 Å². The van der Waals surface area contributed by atoms with Gasteiger partial charge in [0.15, 0.2) is 0 Å².